The van der Waals surface area contributed by atoms with E-state index in [-0.39, 0.29) is 0 Å². The number of aromatic nitrogens is 4. The summed E-state index contributed by atoms with van der Waals surface area (Å²) in [6.45, 7) is 4.50. The quantitative estimate of drug-likeness (QED) is 0.165. The standard InChI is InChI=1S/C37H40N4O/c1-4-6-8-9-14-30-33-20-19-32(40-33)29(13-7-5-2)31-17-15-26(38-31)24-27-16-18-35(39-27)37(36-22-21-34(30)41-36)25-11-10-12-28(23-25)42-3/h10-12,15-24,38-39H,4-9,13-14H2,1-3H3. The third kappa shape index (κ3) is 5.82. The van der Waals surface area contributed by atoms with Gasteiger partial charge in [-0.25, -0.2) is 9.97 Å². The van der Waals surface area contributed by atoms with Crippen LogP contribution in [0.5, 0.6) is 5.75 Å². The van der Waals surface area contributed by atoms with E-state index in [4.69, 9.17) is 14.7 Å². The molecular formula is C37H40N4O. The van der Waals surface area contributed by atoms with Crippen molar-refractivity contribution < 1.29 is 4.74 Å². The van der Waals surface area contributed by atoms with Crippen molar-refractivity contribution >= 4 is 46.4 Å². The van der Waals surface area contributed by atoms with Crippen molar-refractivity contribution in [2.24, 2.45) is 0 Å². The molecule has 5 nitrogen and oxygen atoms in total. The largest absolute Gasteiger partial charge is 0.497 e. The Morgan fingerprint density at radius 1 is 0.619 bits per heavy atom. The van der Waals surface area contributed by atoms with Gasteiger partial charge in [-0.05, 0) is 98.0 Å². The highest BCUT2D eigenvalue weighted by Crippen LogP contribution is 2.33. The first kappa shape index (κ1) is 27.8. The highest BCUT2D eigenvalue weighted by molar-refractivity contribution is 5.91. The highest BCUT2D eigenvalue weighted by atomic mass is 16.5. The molecule has 0 saturated carbocycles. The van der Waals surface area contributed by atoms with Gasteiger partial charge in [0.1, 0.15) is 5.75 Å². The summed E-state index contributed by atoms with van der Waals surface area (Å²) in [7, 11) is 1.71. The lowest BCUT2D eigenvalue weighted by Gasteiger charge is -2.07. The minimum atomic E-state index is 0.822. The number of benzene rings is 1. The second kappa shape index (κ2) is 12.6. The van der Waals surface area contributed by atoms with Gasteiger partial charge in [-0.15, -0.1) is 0 Å². The fraction of sp³-hybridized carbons (Fsp3) is 0.297. The second-order valence-corrected chi connectivity index (χ2v) is 11.2. The Kier molecular flexibility index (Phi) is 8.36. The third-order valence-electron chi connectivity index (χ3n) is 8.21. The lowest BCUT2D eigenvalue weighted by atomic mass is 10.0. The van der Waals surface area contributed by atoms with Gasteiger partial charge in [-0.3, -0.25) is 0 Å². The van der Waals surface area contributed by atoms with Gasteiger partial charge in [0.05, 0.1) is 29.9 Å². The lowest BCUT2D eigenvalue weighted by Crippen LogP contribution is -1.96. The predicted octanol–water partition coefficient (Wildman–Crippen LogP) is 9.80. The average Bonchev–Trinajstić information content (AvgIpc) is 3.83. The number of ether oxygens (including phenoxy) is 1. The molecule has 2 aliphatic heterocycles. The van der Waals surface area contributed by atoms with Gasteiger partial charge < -0.3 is 14.7 Å². The van der Waals surface area contributed by atoms with Crippen LogP contribution in [0.25, 0.3) is 57.5 Å². The molecule has 8 bridgehead atoms. The van der Waals surface area contributed by atoms with Crippen LogP contribution in [0.4, 0.5) is 0 Å². The van der Waals surface area contributed by atoms with Crippen LogP contribution in [-0.4, -0.2) is 27.0 Å². The van der Waals surface area contributed by atoms with Gasteiger partial charge in [-0.2, -0.15) is 0 Å². The Labute approximate surface area is 248 Å². The molecule has 0 amide bonds. The van der Waals surface area contributed by atoms with Crippen LogP contribution >= 0.6 is 0 Å². The van der Waals surface area contributed by atoms with Gasteiger partial charge in [0.2, 0.25) is 0 Å². The van der Waals surface area contributed by atoms with Crippen molar-refractivity contribution in [2.45, 2.75) is 65.2 Å². The zero-order valence-electron chi connectivity index (χ0n) is 25.0. The van der Waals surface area contributed by atoms with Crippen LogP contribution in [0, 0.1) is 0 Å². The Morgan fingerprint density at radius 3 is 2.00 bits per heavy atom. The summed E-state index contributed by atoms with van der Waals surface area (Å²) >= 11 is 0. The van der Waals surface area contributed by atoms with Crippen LogP contribution in [0.15, 0.2) is 54.6 Å². The molecule has 0 spiro atoms. The van der Waals surface area contributed by atoms with Gasteiger partial charge in [0.15, 0.2) is 0 Å². The van der Waals surface area contributed by atoms with Gasteiger partial charge >= 0.3 is 0 Å². The molecule has 3 aromatic heterocycles. The lowest BCUT2D eigenvalue weighted by molar-refractivity contribution is 0.415. The summed E-state index contributed by atoms with van der Waals surface area (Å²) in [5.41, 5.74) is 12.9. The number of nitrogens with one attached hydrogen (secondary N) is 2. The minimum Gasteiger partial charge on any atom is -0.497 e. The van der Waals surface area contributed by atoms with Crippen LogP contribution in [0.1, 0.15) is 86.3 Å². The zero-order valence-corrected chi connectivity index (χ0v) is 25.0. The van der Waals surface area contributed by atoms with E-state index in [0.29, 0.717) is 0 Å². The van der Waals surface area contributed by atoms with Crippen molar-refractivity contribution in [3.05, 3.63) is 88.5 Å². The Morgan fingerprint density at radius 2 is 1.26 bits per heavy atom. The number of unbranched alkanes of at least 4 members (excludes halogenated alkanes) is 4. The highest BCUT2D eigenvalue weighted by Gasteiger charge is 2.17. The molecule has 0 saturated heterocycles. The first-order valence-corrected chi connectivity index (χ1v) is 15.4. The molecule has 2 N–H and O–H groups in total. The average molecular weight is 557 g/mol. The van der Waals surface area contributed by atoms with E-state index in [2.05, 4.69) is 90.6 Å². The number of aromatic amines is 2. The maximum absolute atomic E-state index is 5.59. The second-order valence-electron chi connectivity index (χ2n) is 11.2. The summed E-state index contributed by atoms with van der Waals surface area (Å²) in [5, 5.41) is 0. The number of hydrogen-bond acceptors (Lipinski definition) is 3. The number of hydrogen-bond donors (Lipinski definition) is 2. The van der Waals surface area contributed by atoms with Crippen molar-refractivity contribution in [3.8, 4) is 16.9 Å². The molecule has 4 aromatic rings. The molecule has 0 radical (unpaired) electrons. The van der Waals surface area contributed by atoms with E-state index >= 15 is 0 Å². The predicted molar refractivity (Wildman–Crippen MR) is 177 cm³/mol. The molecule has 214 valence electrons. The first-order chi connectivity index (χ1) is 20.7. The molecule has 5 heterocycles. The Hall–Kier alpha value is -4.38. The number of methoxy groups -OCH3 is 1. The number of H-pyrrole nitrogens is 2. The van der Waals surface area contributed by atoms with E-state index in [0.717, 1.165) is 93.8 Å². The molecule has 0 atom stereocenters. The van der Waals surface area contributed by atoms with Crippen LogP contribution < -0.4 is 4.74 Å². The van der Waals surface area contributed by atoms with E-state index in [1.165, 1.54) is 30.4 Å². The van der Waals surface area contributed by atoms with Gasteiger partial charge in [0.25, 0.3) is 0 Å². The molecule has 0 aliphatic carbocycles. The third-order valence-corrected chi connectivity index (χ3v) is 8.21. The van der Waals surface area contributed by atoms with Crippen LogP contribution in [0.3, 0.4) is 0 Å². The van der Waals surface area contributed by atoms with Crippen molar-refractivity contribution in [1.82, 2.24) is 19.9 Å². The molecule has 0 unspecified atom stereocenters. The molecule has 6 rings (SSSR count). The number of aryl methyl sites for hydroxylation is 1. The first-order valence-electron chi connectivity index (χ1n) is 15.4. The molecule has 2 aliphatic rings. The Bertz CT molecular complexity index is 1800. The molecule has 42 heavy (non-hydrogen) atoms. The molecular weight excluding hydrogens is 516 g/mol. The van der Waals surface area contributed by atoms with Gasteiger partial charge in [-0.1, -0.05) is 51.7 Å². The summed E-state index contributed by atoms with van der Waals surface area (Å²) in [5.74, 6) is 0.822. The smallest absolute Gasteiger partial charge is 0.119 e. The monoisotopic (exact) mass is 556 g/mol. The van der Waals surface area contributed by atoms with Crippen molar-refractivity contribution in [3.63, 3.8) is 0 Å². The van der Waals surface area contributed by atoms with Gasteiger partial charge in [0, 0.05) is 38.8 Å². The summed E-state index contributed by atoms with van der Waals surface area (Å²) in [4.78, 5) is 17.9. The van der Waals surface area contributed by atoms with Crippen molar-refractivity contribution in [2.75, 3.05) is 7.11 Å². The zero-order chi connectivity index (χ0) is 28.9. The fourth-order valence-corrected chi connectivity index (χ4v) is 5.94. The molecule has 1 aromatic carbocycles. The summed E-state index contributed by atoms with van der Waals surface area (Å²) in [6, 6.07) is 19.0. The summed E-state index contributed by atoms with van der Waals surface area (Å²) < 4.78 is 5.59. The van der Waals surface area contributed by atoms with Crippen LogP contribution in [0.2, 0.25) is 0 Å². The normalized spacial score (nSPS) is 12.3. The topological polar surface area (TPSA) is 66.6 Å². The molecule has 0 fully saturated rings. The van der Waals surface area contributed by atoms with Crippen molar-refractivity contribution in [1.29, 1.82) is 0 Å². The van der Waals surface area contributed by atoms with E-state index < -0.39 is 0 Å². The number of rotatable bonds is 10. The Balaban J connectivity index is 1.66. The maximum Gasteiger partial charge on any atom is 0.119 e. The fourth-order valence-electron chi connectivity index (χ4n) is 5.94. The summed E-state index contributed by atoms with van der Waals surface area (Å²) in [6.07, 6.45) is 17.7. The van der Waals surface area contributed by atoms with E-state index in [1.807, 2.05) is 12.1 Å². The maximum atomic E-state index is 5.59. The van der Waals surface area contributed by atoms with E-state index in [9.17, 15) is 0 Å². The number of fused-ring (bicyclic) bond motifs is 8. The number of nitrogens with zero attached hydrogens (tertiary/aromatic N) is 2. The van der Waals surface area contributed by atoms with E-state index in [1.54, 1.807) is 7.11 Å². The van der Waals surface area contributed by atoms with Crippen LogP contribution in [-0.2, 0) is 12.8 Å². The SMILES string of the molecule is CCCCCCc1c2nc(c(CCCC)c3ccc(cc4ccc([nH]4)c(-c4cccc(OC)c4)c4nc1C=C4)[nH]3)C=C2. The minimum absolute atomic E-state index is 0.822. The molecule has 5 heteroatoms.